The van der Waals surface area contributed by atoms with E-state index >= 15 is 0 Å². The van der Waals surface area contributed by atoms with Crippen LogP contribution in [-0.2, 0) is 9.47 Å². The van der Waals surface area contributed by atoms with Gasteiger partial charge in [-0.3, -0.25) is 0 Å². The van der Waals surface area contributed by atoms with Crippen LogP contribution in [0.5, 0.6) is 0 Å². The van der Waals surface area contributed by atoms with Gasteiger partial charge in [-0.05, 0) is 20.8 Å². The highest BCUT2D eigenvalue weighted by atomic mass is 16.7. The maximum absolute atomic E-state index is 10.2. The largest absolute Gasteiger partial charge is 0.508 e. The number of ether oxygens (including phenoxy) is 2. The monoisotopic (exact) mass is 194 g/mol. The molecule has 1 unspecified atom stereocenters. The number of carbonyl (C=O) groups excluding carboxylic acids is 1. The fraction of sp³-hybridized carbons (Fsp3) is 0.875. The van der Waals surface area contributed by atoms with E-state index in [-0.39, 0.29) is 6.61 Å². The molecule has 0 spiro atoms. The van der Waals surface area contributed by atoms with Crippen molar-refractivity contribution in [2.75, 3.05) is 19.8 Å². The molecule has 0 aromatic carbocycles. The molecule has 0 saturated heterocycles. The molecular formula is C8H18O5. The lowest BCUT2D eigenvalue weighted by atomic mass is 10.5. The van der Waals surface area contributed by atoms with E-state index in [0.717, 1.165) is 0 Å². The molecule has 0 aromatic rings. The lowest BCUT2D eigenvalue weighted by Crippen LogP contribution is -2.05. The average Bonchev–Trinajstić information content (AvgIpc) is 2.06. The molecule has 2 N–H and O–H groups in total. The summed E-state index contributed by atoms with van der Waals surface area (Å²) in [5.74, 6) is 0. The number of hydrogen-bond acceptors (Lipinski definition) is 5. The lowest BCUT2D eigenvalue weighted by Gasteiger charge is -1.98. The van der Waals surface area contributed by atoms with Crippen LogP contribution in [0.4, 0.5) is 4.79 Å². The first-order valence-corrected chi connectivity index (χ1v) is 4.16. The second-order valence-corrected chi connectivity index (χ2v) is 2.15. The van der Waals surface area contributed by atoms with E-state index in [1.807, 2.05) is 0 Å². The highest BCUT2D eigenvalue weighted by molar-refractivity contribution is 5.59. The molecule has 5 heteroatoms. The fourth-order valence-electron chi connectivity index (χ4n) is 0.277. The zero-order valence-corrected chi connectivity index (χ0v) is 8.32. The Balaban J connectivity index is 0. The molecule has 0 saturated carbocycles. The van der Waals surface area contributed by atoms with Gasteiger partial charge in [0.2, 0.25) is 0 Å². The lowest BCUT2D eigenvalue weighted by molar-refractivity contribution is 0.0630. The van der Waals surface area contributed by atoms with Gasteiger partial charge in [-0.15, -0.1) is 0 Å². The van der Waals surface area contributed by atoms with E-state index < -0.39 is 12.3 Å². The van der Waals surface area contributed by atoms with Crippen molar-refractivity contribution >= 4 is 6.16 Å². The fourth-order valence-corrected chi connectivity index (χ4v) is 0.277. The van der Waals surface area contributed by atoms with E-state index in [9.17, 15) is 4.79 Å². The zero-order chi connectivity index (χ0) is 10.7. The molecule has 0 aromatic heterocycles. The minimum Gasteiger partial charge on any atom is -0.435 e. The summed E-state index contributed by atoms with van der Waals surface area (Å²) in [6.45, 7) is 5.60. The molecule has 1 atom stereocenters. The van der Waals surface area contributed by atoms with Gasteiger partial charge in [0.05, 0.1) is 25.9 Å². The van der Waals surface area contributed by atoms with Crippen molar-refractivity contribution in [2.24, 2.45) is 0 Å². The van der Waals surface area contributed by atoms with Crippen molar-refractivity contribution in [3.63, 3.8) is 0 Å². The van der Waals surface area contributed by atoms with E-state index in [1.54, 1.807) is 13.8 Å². The first-order chi connectivity index (χ1) is 6.08. The smallest absolute Gasteiger partial charge is 0.435 e. The van der Waals surface area contributed by atoms with Crippen molar-refractivity contribution in [2.45, 2.75) is 26.9 Å². The van der Waals surface area contributed by atoms with E-state index in [0.29, 0.717) is 13.2 Å². The van der Waals surface area contributed by atoms with Crippen LogP contribution >= 0.6 is 0 Å². The summed E-state index contributed by atoms with van der Waals surface area (Å²) in [5.41, 5.74) is 0. The van der Waals surface area contributed by atoms with Crippen LogP contribution in [0.3, 0.4) is 0 Å². The Morgan fingerprint density at radius 3 is 1.77 bits per heavy atom. The molecule has 0 bridgehead atoms. The molecule has 80 valence electrons. The summed E-state index contributed by atoms with van der Waals surface area (Å²) in [5, 5.41) is 16.0. The molecule has 0 radical (unpaired) electrons. The summed E-state index contributed by atoms with van der Waals surface area (Å²) >= 11 is 0. The Labute approximate surface area is 78.3 Å². The number of aliphatic hydroxyl groups excluding tert-OH is 2. The SMILES string of the molecule is CC(O)CO.CCOC(=O)OCC. The second-order valence-electron chi connectivity index (χ2n) is 2.15. The molecular weight excluding hydrogens is 176 g/mol. The minimum atomic E-state index is -0.588. The van der Waals surface area contributed by atoms with Gasteiger partial charge in [0, 0.05) is 0 Å². The number of aliphatic hydroxyl groups is 2. The molecule has 5 nitrogen and oxygen atoms in total. The molecule has 0 aliphatic rings. The topological polar surface area (TPSA) is 76.0 Å². The molecule has 0 amide bonds. The van der Waals surface area contributed by atoms with Crippen LogP contribution < -0.4 is 0 Å². The Kier molecular flexibility index (Phi) is 12.7. The maximum atomic E-state index is 10.2. The molecule has 13 heavy (non-hydrogen) atoms. The van der Waals surface area contributed by atoms with Crippen molar-refractivity contribution in [1.82, 2.24) is 0 Å². The number of hydrogen-bond donors (Lipinski definition) is 2. The quantitative estimate of drug-likeness (QED) is 0.641. The summed E-state index contributed by atoms with van der Waals surface area (Å²) in [6.07, 6.45) is -1.15. The van der Waals surface area contributed by atoms with Gasteiger partial charge in [-0.25, -0.2) is 4.79 Å². The molecule has 0 fully saturated rings. The van der Waals surface area contributed by atoms with Crippen LogP contribution in [0.1, 0.15) is 20.8 Å². The van der Waals surface area contributed by atoms with Crippen molar-refractivity contribution in [3.8, 4) is 0 Å². The standard InChI is InChI=1S/C5H10O3.C3H8O2/c1-3-7-5(6)8-4-2;1-3(5)2-4/h3-4H2,1-2H3;3-5H,2H2,1H3. The highest BCUT2D eigenvalue weighted by Gasteiger charge is 1.96. The van der Waals surface area contributed by atoms with Gasteiger partial charge >= 0.3 is 6.16 Å². The van der Waals surface area contributed by atoms with Crippen LogP contribution in [-0.4, -0.2) is 42.3 Å². The first-order valence-electron chi connectivity index (χ1n) is 4.16. The van der Waals surface area contributed by atoms with Crippen LogP contribution in [0.15, 0.2) is 0 Å². The van der Waals surface area contributed by atoms with E-state index in [4.69, 9.17) is 10.2 Å². The van der Waals surface area contributed by atoms with E-state index in [2.05, 4.69) is 9.47 Å². The third-order valence-corrected chi connectivity index (χ3v) is 0.789. The summed E-state index contributed by atoms with van der Waals surface area (Å²) in [4.78, 5) is 10.2. The average molecular weight is 194 g/mol. The van der Waals surface area contributed by atoms with Gasteiger partial charge in [-0.2, -0.15) is 0 Å². The molecule has 0 aliphatic carbocycles. The summed E-state index contributed by atoms with van der Waals surface area (Å²) in [7, 11) is 0. The first kappa shape index (κ1) is 14.7. The maximum Gasteiger partial charge on any atom is 0.508 e. The van der Waals surface area contributed by atoms with Gasteiger partial charge < -0.3 is 19.7 Å². The van der Waals surface area contributed by atoms with Gasteiger partial charge in [0.15, 0.2) is 0 Å². The normalized spacial score (nSPS) is 10.8. The Bertz CT molecular complexity index is 105. The Hall–Kier alpha value is -0.810. The predicted octanol–water partition coefficient (Wildman–Crippen LogP) is 0.539. The van der Waals surface area contributed by atoms with Gasteiger partial charge in [0.1, 0.15) is 0 Å². The second kappa shape index (κ2) is 11.2. The van der Waals surface area contributed by atoms with Crippen LogP contribution in [0.25, 0.3) is 0 Å². The molecule has 0 rings (SSSR count). The zero-order valence-electron chi connectivity index (χ0n) is 8.32. The molecule has 0 aliphatic heterocycles. The van der Waals surface area contributed by atoms with Gasteiger partial charge in [-0.1, -0.05) is 0 Å². The summed E-state index contributed by atoms with van der Waals surface area (Å²) in [6, 6.07) is 0. The van der Waals surface area contributed by atoms with Crippen LogP contribution in [0.2, 0.25) is 0 Å². The number of carbonyl (C=O) groups is 1. The number of rotatable bonds is 3. The summed E-state index contributed by atoms with van der Waals surface area (Å²) < 4.78 is 8.84. The van der Waals surface area contributed by atoms with Crippen molar-refractivity contribution in [1.29, 1.82) is 0 Å². The highest BCUT2D eigenvalue weighted by Crippen LogP contribution is 1.81. The van der Waals surface area contributed by atoms with E-state index in [1.165, 1.54) is 6.92 Å². The third-order valence-electron chi connectivity index (χ3n) is 0.789. The van der Waals surface area contributed by atoms with Crippen molar-refractivity contribution < 1.29 is 24.5 Å². The third kappa shape index (κ3) is 18.3. The minimum absolute atomic E-state index is 0.139. The van der Waals surface area contributed by atoms with Gasteiger partial charge in [0.25, 0.3) is 0 Å². The Morgan fingerprint density at radius 2 is 1.62 bits per heavy atom. The molecule has 0 heterocycles. The van der Waals surface area contributed by atoms with Crippen molar-refractivity contribution in [3.05, 3.63) is 0 Å². The predicted molar refractivity (Wildman–Crippen MR) is 47.4 cm³/mol. The Morgan fingerprint density at radius 1 is 1.31 bits per heavy atom. The van der Waals surface area contributed by atoms with Crippen LogP contribution in [0, 0.1) is 0 Å².